The Kier molecular flexibility index (Phi) is 7.23. The summed E-state index contributed by atoms with van der Waals surface area (Å²) in [5.74, 6) is 0.100. The molecule has 1 fully saturated rings. The van der Waals surface area contributed by atoms with E-state index in [0.717, 1.165) is 18.5 Å². The van der Waals surface area contributed by atoms with E-state index in [2.05, 4.69) is 15.3 Å². The molecule has 3 aromatic rings. The molecule has 0 bridgehead atoms. The van der Waals surface area contributed by atoms with Crippen LogP contribution < -0.4 is 15.8 Å². The molecular weight excluding hydrogens is 461 g/mol. The van der Waals surface area contributed by atoms with E-state index in [1.165, 1.54) is 6.07 Å². The number of aryl methyl sites for hydroxylation is 1. The summed E-state index contributed by atoms with van der Waals surface area (Å²) in [5.41, 5.74) is 7.81. The van der Waals surface area contributed by atoms with E-state index < -0.39 is 11.7 Å². The Morgan fingerprint density at radius 2 is 2.15 bits per heavy atom. The predicted molar refractivity (Wildman–Crippen MR) is 128 cm³/mol. The first-order chi connectivity index (χ1) is 16.3. The first kappa shape index (κ1) is 24.2. The maximum atomic E-state index is 15.2. The Labute approximate surface area is 202 Å². The lowest BCUT2D eigenvalue weighted by Gasteiger charge is -2.23. The molecule has 0 atom stereocenters. The second-order valence-electron chi connectivity index (χ2n) is 8.79. The first-order valence-electron chi connectivity index (χ1n) is 11.4. The van der Waals surface area contributed by atoms with Crippen LogP contribution >= 0.6 is 11.6 Å². The summed E-state index contributed by atoms with van der Waals surface area (Å²) in [6.07, 6.45) is 5.01. The number of carbonyl (C=O) groups is 1. The smallest absolute Gasteiger partial charge is 0.258 e. The zero-order valence-electron chi connectivity index (χ0n) is 19.5. The number of nitrogens with zero attached hydrogens (tertiary/aromatic N) is 3. The molecule has 10 heteroatoms. The van der Waals surface area contributed by atoms with Crippen LogP contribution in [-0.2, 0) is 11.2 Å². The minimum atomic E-state index is -0.803. The highest BCUT2D eigenvalue weighted by molar-refractivity contribution is 6.31. The number of ether oxygens (including phenoxy) is 2. The summed E-state index contributed by atoms with van der Waals surface area (Å²) < 4.78 is 28.4. The average Bonchev–Trinajstić information content (AvgIpc) is 3.12. The second kappa shape index (κ2) is 10.1. The van der Waals surface area contributed by atoms with E-state index in [-0.39, 0.29) is 34.8 Å². The molecule has 182 valence electrons. The number of benzene rings is 1. The second-order valence-corrected chi connectivity index (χ2v) is 9.20. The molecule has 34 heavy (non-hydrogen) atoms. The Hall–Kier alpha value is -2.91. The Bertz CT molecular complexity index is 1210. The molecule has 4 rings (SSSR count). The van der Waals surface area contributed by atoms with Gasteiger partial charge in [0.05, 0.1) is 16.8 Å². The molecule has 8 nitrogen and oxygen atoms in total. The van der Waals surface area contributed by atoms with E-state index in [1.54, 1.807) is 12.4 Å². The van der Waals surface area contributed by atoms with Crippen molar-refractivity contribution in [1.82, 2.24) is 19.7 Å². The average molecular weight is 490 g/mol. The van der Waals surface area contributed by atoms with E-state index in [1.807, 2.05) is 25.2 Å². The number of aromatic nitrogens is 3. The van der Waals surface area contributed by atoms with Crippen molar-refractivity contribution in [2.75, 3.05) is 25.5 Å². The number of hydrogen-bond donors (Lipinski definition) is 2. The van der Waals surface area contributed by atoms with Crippen LogP contribution in [0.15, 0.2) is 18.5 Å². The van der Waals surface area contributed by atoms with Crippen molar-refractivity contribution < 1.29 is 18.7 Å². The van der Waals surface area contributed by atoms with Gasteiger partial charge in [0, 0.05) is 44.1 Å². The van der Waals surface area contributed by atoms with Crippen LogP contribution in [0.4, 0.5) is 10.2 Å². The summed E-state index contributed by atoms with van der Waals surface area (Å²) in [6.45, 7) is 7.24. The van der Waals surface area contributed by atoms with Crippen LogP contribution in [0.25, 0.3) is 5.52 Å². The number of amides is 1. The normalized spacial score (nSPS) is 14.6. The summed E-state index contributed by atoms with van der Waals surface area (Å²) >= 11 is 6.25. The predicted octanol–water partition coefficient (Wildman–Crippen LogP) is 3.95. The van der Waals surface area contributed by atoms with Gasteiger partial charge in [-0.1, -0.05) is 11.6 Å². The summed E-state index contributed by atoms with van der Waals surface area (Å²) in [6, 6.07) is 1.49. The molecule has 0 spiro atoms. The molecule has 2 aromatic heterocycles. The van der Waals surface area contributed by atoms with Gasteiger partial charge in [0.2, 0.25) is 0 Å². The summed E-state index contributed by atoms with van der Waals surface area (Å²) in [7, 11) is 0. The Balaban J connectivity index is 1.72. The van der Waals surface area contributed by atoms with Crippen LogP contribution in [0.5, 0.6) is 5.75 Å². The van der Waals surface area contributed by atoms with Gasteiger partial charge in [0.1, 0.15) is 28.5 Å². The fraction of sp³-hybridized carbons (Fsp3) is 0.458. The number of hydrogen-bond acceptors (Lipinski definition) is 6. The van der Waals surface area contributed by atoms with Gasteiger partial charge in [-0.15, -0.1) is 0 Å². The van der Waals surface area contributed by atoms with Gasteiger partial charge in [-0.2, -0.15) is 0 Å². The van der Waals surface area contributed by atoms with Crippen LogP contribution in [0, 0.1) is 18.7 Å². The molecule has 1 aliphatic heterocycles. The monoisotopic (exact) mass is 489 g/mol. The molecule has 1 saturated heterocycles. The fourth-order valence-electron chi connectivity index (χ4n) is 4.25. The molecule has 3 N–H and O–H groups in total. The topological polar surface area (TPSA) is 104 Å². The molecular formula is C24H29ClFN5O3. The molecule has 0 unspecified atom stereocenters. The Morgan fingerprint density at radius 3 is 2.85 bits per heavy atom. The molecule has 0 radical (unpaired) electrons. The van der Waals surface area contributed by atoms with Crippen molar-refractivity contribution in [3.8, 4) is 5.75 Å². The van der Waals surface area contributed by atoms with Crippen LogP contribution in [0.3, 0.4) is 0 Å². The molecule has 1 aromatic carbocycles. The van der Waals surface area contributed by atoms with E-state index in [9.17, 15) is 4.79 Å². The molecule has 0 saturated carbocycles. The molecule has 0 aliphatic carbocycles. The van der Waals surface area contributed by atoms with Crippen molar-refractivity contribution in [3.63, 3.8) is 0 Å². The number of fused-ring (bicyclic) bond motifs is 1. The molecule has 1 aliphatic rings. The third-order valence-electron chi connectivity index (χ3n) is 5.90. The van der Waals surface area contributed by atoms with Gasteiger partial charge < -0.3 is 20.5 Å². The maximum Gasteiger partial charge on any atom is 0.258 e. The minimum Gasteiger partial charge on any atom is -0.490 e. The number of halogens is 2. The van der Waals surface area contributed by atoms with Crippen LogP contribution in [0.1, 0.15) is 54.1 Å². The zero-order chi connectivity index (χ0) is 24.4. The number of anilines is 1. The van der Waals surface area contributed by atoms with Crippen molar-refractivity contribution in [2.24, 2.45) is 5.92 Å². The number of nitrogens with one attached hydrogen (secondary N) is 1. The quantitative estimate of drug-likeness (QED) is 0.521. The lowest BCUT2D eigenvalue weighted by Crippen LogP contribution is -2.33. The molecule has 1 amide bonds. The van der Waals surface area contributed by atoms with E-state index >= 15 is 4.39 Å². The minimum absolute atomic E-state index is 0.152. The highest BCUT2D eigenvalue weighted by Crippen LogP contribution is 2.35. The third kappa shape index (κ3) is 4.95. The number of rotatable bonds is 7. The van der Waals surface area contributed by atoms with Crippen molar-refractivity contribution >= 4 is 28.8 Å². The lowest BCUT2D eigenvalue weighted by atomic mass is 9.99. The summed E-state index contributed by atoms with van der Waals surface area (Å²) in [4.78, 5) is 21.9. The fourth-order valence-corrected chi connectivity index (χ4v) is 4.48. The number of nitrogen functional groups attached to an aromatic ring is 1. The van der Waals surface area contributed by atoms with Crippen molar-refractivity contribution in [3.05, 3.63) is 51.9 Å². The number of carbonyl (C=O) groups excluding carboxylic acids is 1. The largest absolute Gasteiger partial charge is 0.490 e. The first-order valence-corrected chi connectivity index (χ1v) is 11.8. The van der Waals surface area contributed by atoms with Gasteiger partial charge in [-0.05, 0) is 45.6 Å². The van der Waals surface area contributed by atoms with Crippen molar-refractivity contribution in [2.45, 2.75) is 46.1 Å². The SMILES string of the molecule is Cc1nc(Cc2cc(Cl)c(F)c(C(=O)NCC3CCOCC3)c2OC(C)C)n2ccnc(N)c12. The van der Waals surface area contributed by atoms with Gasteiger partial charge in [0.25, 0.3) is 5.91 Å². The highest BCUT2D eigenvalue weighted by Gasteiger charge is 2.27. The third-order valence-corrected chi connectivity index (χ3v) is 6.18. The standard InChI is InChI=1S/C24H29ClFN5O3/c1-13(2)34-22-16(11-18-30-14(3)21-23(27)28-6-7-31(18)21)10-17(25)20(26)19(22)24(32)29-12-15-4-8-33-9-5-15/h6-7,10,13,15H,4-5,8-9,11-12H2,1-3H3,(H2,27,28)(H,29,32). The highest BCUT2D eigenvalue weighted by atomic mass is 35.5. The van der Waals surface area contributed by atoms with Crippen LogP contribution in [0.2, 0.25) is 5.02 Å². The summed E-state index contributed by atoms with van der Waals surface area (Å²) in [5, 5.41) is 2.71. The van der Waals surface area contributed by atoms with Gasteiger partial charge in [0.15, 0.2) is 5.82 Å². The lowest BCUT2D eigenvalue weighted by molar-refractivity contribution is 0.0641. The van der Waals surface area contributed by atoms with Gasteiger partial charge >= 0.3 is 0 Å². The Morgan fingerprint density at radius 1 is 1.41 bits per heavy atom. The van der Waals surface area contributed by atoms with Gasteiger partial charge in [-0.25, -0.2) is 14.4 Å². The van der Waals surface area contributed by atoms with E-state index in [0.29, 0.717) is 42.5 Å². The molecule has 3 heterocycles. The van der Waals surface area contributed by atoms with Crippen molar-refractivity contribution in [1.29, 1.82) is 0 Å². The van der Waals surface area contributed by atoms with Crippen LogP contribution in [-0.4, -0.2) is 46.1 Å². The maximum absolute atomic E-state index is 15.2. The van der Waals surface area contributed by atoms with E-state index in [4.69, 9.17) is 26.8 Å². The number of imidazole rings is 1. The number of nitrogens with two attached hydrogens (primary N) is 1. The zero-order valence-corrected chi connectivity index (χ0v) is 20.3. The van der Waals surface area contributed by atoms with Gasteiger partial charge in [-0.3, -0.25) is 9.20 Å².